The molecule has 5 rings (SSSR count). The van der Waals surface area contributed by atoms with E-state index in [0.29, 0.717) is 0 Å². The Balaban J connectivity index is 1.53. The molecule has 0 spiro atoms. The predicted octanol–water partition coefficient (Wildman–Crippen LogP) is 4.79. The van der Waals surface area contributed by atoms with E-state index < -0.39 is 0 Å². The average molecular weight is 472 g/mol. The van der Waals surface area contributed by atoms with Gasteiger partial charge in [-0.2, -0.15) is 5.26 Å². The van der Waals surface area contributed by atoms with Crippen molar-refractivity contribution in [1.82, 2.24) is 19.2 Å². The first kappa shape index (κ1) is 22.6. The first-order valence-electron chi connectivity index (χ1n) is 11.7. The highest BCUT2D eigenvalue weighted by atomic mass is 32.1. The number of aromatic nitrogens is 2. The summed E-state index contributed by atoms with van der Waals surface area (Å²) in [5.41, 5.74) is 5.39. The maximum Gasteiger partial charge on any atom is 0.137 e. The molecule has 0 aliphatic carbocycles. The zero-order valence-corrected chi connectivity index (χ0v) is 20.5. The number of fused-ring (bicyclic) bond motifs is 1. The Hall–Kier alpha value is -3.18. The van der Waals surface area contributed by atoms with E-state index in [4.69, 9.17) is 9.72 Å². The number of likely N-dealkylation sites (N-methyl/N-ethyl adjacent to an activating group) is 1. The van der Waals surface area contributed by atoms with Crippen molar-refractivity contribution in [1.29, 1.82) is 5.26 Å². The van der Waals surface area contributed by atoms with E-state index in [0.717, 1.165) is 77.1 Å². The molecule has 0 saturated carbocycles. The van der Waals surface area contributed by atoms with Crippen LogP contribution in [0, 0.1) is 11.3 Å². The lowest BCUT2D eigenvalue weighted by atomic mass is 10.1. The quantitative estimate of drug-likeness (QED) is 0.405. The summed E-state index contributed by atoms with van der Waals surface area (Å²) in [6.45, 7) is 5.52. The van der Waals surface area contributed by atoms with Gasteiger partial charge in [-0.25, -0.2) is 4.98 Å². The van der Waals surface area contributed by atoms with Crippen molar-refractivity contribution in [2.75, 3.05) is 46.9 Å². The van der Waals surface area contributed by atoms with Crippen LogP contribution in [0.2, 0.25) is 0 Å². The molecule has 1 aliphatic heterocycles. The standard InChI is InChI=1S/C27H29N5OS/c1-30-13-3-14-31(17-16-30)15-12-24-27(20-4-7-22(33-2)8-5-20)29-26-11-6-21(19-32(24)26)25-10-9-23(18-28)34-25/h4-11,19H,3,12-17H2,1-2H3. The number of benzene rings is 1. The van der Waals surface area contributed by atoms with Crippen LogP contribution in [-0.2, 0) is 6.42 Å². The Morgan fingerprint density at radius 3 is 2.59 bits per heavy atom. The van der Waals surface area contributed by atoms with Crippen molar-refractivity contribution in [3.63, 3.8) is 0 Å². The zero-order valence-electron chi connectivity index (χ0n) is 19.7. The molecule has 7 heteroatoms. The maximum absolute atomic E-state index is 9.24. The van der Waals surface area contributed by atoms with Crippen LogP contribution in [0.1, 0.15) is 17.0 Å². The van der Waals surface area contributed by atoms with Crippen molar-refractivity contribution in [2.45, 2.75) is 12.8 Å². The number of hydrogen-bond acceptors (Lipinski definition) is 6. The van der Waals surface area contributed by atoms with Crippen molar-refractivity contribution >= 4 is 17.0 Å². The molecule has 1 saturated heterocycles. The minimum Gasteiger partial charge on any atom is -0.497 e. The molecule has 4 heterocycles. The lowest BCUT2D eigenvalue weighted by Crippen LogP contribution is -2.30. The van der Waals surface area contributed by atoms with Crippen LogP contribution in [0.3, 0.4) is 0 Å². The number of methoxy groups -OCH3 is 1. The smallest absolute Gasteiger partial charge is 0.137 e. The number of ether oxygens (including phenoxy) is 1. The van der Waals surface area contributed by atoms with Crippen molar-refractivity contribution < 1.29 is 4.74 Å². The molecule has 3 aromatic heterocycles. The molecule has 34 heavy (non-hydrogen) atoms. The van der Waals surface area contributed by atoms with Gasteiger partial charge in [-0.05, 0) is 75.1 Å². The summed E-state index contributed by atoms with van der Waals surface area (Å²) in [7, 11) is 3.90. The molecule has 1 aromatic carbocycles. The first-order valence-corrected chi connectivity index (χ1v) is 12.5. The molecule has 0 atom stereocenters. The molecule has 0 unspecified atom stereocenters. The number of thiophene rings is 1. The van der Waals surface area contributed by atoms with Gasteiger partial charge in [0.1, 0.15) is 22.3 Å². The van der Waals surface area contributed by atoms with Crippen LogP contribution >= 0.6 is 11.3 Å². The monoisotopic (exact) mass is 471 g/mol. The number of pyridine rings is 1. The summed E-state index contributed by atoms with van der Waals surface area (Å²) in [6, 6.07) is 18.5. The highest BCUT2D eigenvalue weighted by Crippen LogP contribution is 2.31. The minimum absolute atomic E-state index is 0.728. The van der Waals surface area contributed by atoms with Crippen molar-refractivity contribution in [2.24, 2.45) is 0 Å². The fraction of sp³-hybridized carbons (Fsp3) is 0.333. The molecule has 4 aromatic rings. The number of nitrogens with zero attached hydrogens (tertiary/aromatic N) is 5. The largest absolute Gasteiger partial charge is 0.497 e. The number of imidazole rings is 1. The third-order valence-corrected chi connectivity index (χ3v) is 7.60. The van der Waals surface area contributed by atoms with Gasteiger partial charge in [0.25, 0.3) is 0 Å². The normalized spacial score (nSPS) is 15.3. The lowest BCUT2D eigenvalue weighted by molar-refractivity contribution is 0.278. The average Bonchev–Trinajstić information content (AvgIpc) is 3.44. The Bertz CT molecular complexity index is 1320. The second kappa shape index (κ2) is 9.98. The van der Waals surface area contributed by atoms with E-state index >= 15 is 0 Å². The van der Waals surface area contributed by atoms with Crippen LogP contribution in [0.5, 0.6) is 5.75 Å². The minimum atomic E-state index is 0.728. The summed E-state index contributed by atoms with van der Waals surface area (Å²) >= 11 is 1.52. The number of rotatable bonds is 6. The fourth-order valence-electron chi connectivity index (χ4n) is 4.60. The highest BCUT2D eigenvalue weighted by Gasteiger charge is 2.18. The van der Waals surface area contributed by atoms with Gasteiger partial charge < -0.3 is 18.9 Å². The van der Waals surface area contributed by atoms with Gasteiger partial charge in [0.2, 0.25) is 0 Å². The Morgan fingerprint density at radius 2 is 1.82 bits per heavy atom. The topological polar surface area (TPSA) is 56.8 Å². The fourth-order valence-corrected chi connectivity index (χ4v) is 5.39. The first-order chi connectivity index (χ1) is 16.6. The van der Waals surface area contributed by atoms with Crippen LogP contribution < -0.4 is 4.74 Å². The van der Waals surface area contributed by atoms with E-state index in [9.17, 15) is 5.26 Å². The lowest BCUT2D eigenvalue weighted by Gasteiger charge is -2.20. The zero-order chi connectivity index (χ0) is 23.5. The number of hydrogen-bond donors (Lipinski definition) is 0. The van der Waals surface area contributed by atoms with E-state index in [1.54, 1.807) is 7.11 Å². The molecule has 6 nitrogen and oxygen atoms in total. The van der Waals surface area contributed by atoms with Crippen molar-refractivity contribution in [3.05, 3.63) is 65.3 Å². The summed E-state index contributed by atoms with van der Waals surface area (Å²) in [5, 5.41) is 9.24. The summed E-state index contributed by atoms with van der Waals surface area (Å²) < 4.78 is 7.60. The van der Waals surface area contributed by atoms with Crippen LogP contribution in [0.4, 0.5) is 0 Å². The summed E-state index contributed by atoms with van der Waals surface area (Å²) in [4.78, 5) is 11.8. The van der Waals surface area contributed by atoms with E-state index in [2.05, 4.69) is 57.8 Å². The third-order valence-electron chi connectivity index (χ3n) is 6.56. The van der Waals surface area contributed by atoms with Crippen molar-refractivity contribution in [3.8, 4) is 33.5 Å². The van der Waals surface area contributed by atoms with Gasteiger partial charge in [0.15, 0.2) is 0 Å². The Labute approximate surface area is 204 Å². The maximum atomic E-state index is 9.24. The number of nitriles is 1. The van der Waals surface area contributed by atoms with Gasteiger partial charge in [0, 0.05) is 48.3 Å². The SMILES string of the molecule is COc1ccc(-c2nc3ccc(-c4ccc(C#N)s4)cn3c2CCN2CCCN(C)CC2)cc1. The molecule has 1 fully saturated rings. The van der Waals surface area contributed by atoms with E-state index in [-0.39, 0.29) is 0 Å². The van der Waals surface area contributed by atoms with Crippen LogP contribution in [0.25, 0.3) is 27.3 Å². The predicted molar refractivity (Wildman–Crippen MR) is 137 cm³/mol. The van der Waals surface area contributed by atoms with Gasteiger partial charge in [-0.3, -0.25) is 0 Å². The molecule has 1 aliphatic rings. The van der Waals surface area contributed by atoms with Gasteiger partial charge in [-0.15, -0.1) is 11.3 Å². The Kier molecular flexibility index (Phi) is 6.63. The molecule has 174 valence electrons. The van der Waals surface area contributed by atoms with Gasteiger partial charge >= 0.3 is 0 Å². The molecule has 0 radical (unpaired) electrons. The van der Waals surface area contributed by atoms with E-state index in [1.807, 2.05) is 24.3 Å². The Morgan fingerprint density at radius 1 is 1.00 bits per heavy atom. The molecular formula is C27H29N5OS. The molecule has 0 amide bonds. The van der Waals surface area contributed by atoms with E-state index in [1.165, 1.54) is 23.5 Å². The second-order valence-corrected chi connectivity index (χ2v) is 9.89. The third kappa shape index (κ3) is 4.71. The summed E-state index contributed by atoms with van der Waals surface area (Å²) in [5.74, 6) is 0.844. The van der Waals surface area contributed by atoms with Crippen LogP contribution in [0.15, 0.2) is 54.7 Å². The summed E-state index contributed by atoms with van der Waals surface area (Å²) in [6.07, 6.45) is 4.30. The molecule has 0 bridgehead atoms. The molecule has 0 N–H and O–H groups in total. The second-order valence-electron chi connectivity index (χ2n) is 8.81. The van der Waals surface area contributed by atoms with Crippen LogP contribution in [-0.4, -0.2) is 66.1 Å². The molecular weight excluding hydrogens is 442 g/mol. The van der Waals surface area contributed by atoms with Gasteiger partial charge in [0.05, 0.1) is 18.5 Å². The highest BCUT2D eigenvalue weighted by molar-refractivity contribution is 7.16. The van der Waals surface area contributed by atoms with Gasteiger partial charge in [-0.1, -0.05) is 0 Å².